The number of carbonyl (C=O) groups is 1. The Morgan fingerprint density at radius 3 is 2.70 bits per heavy atom. The lowest BCUT2D eigenvalue weighted by atomic mass is 9.74. The zero-order valence-electron chi connectivity index (χ0n) is 18.9. The van der Waals surface area contributed by atoms with Gasteiger partial charge in [-0.1, -0.05) is 32.4 Å². The molecule has 1 aliphatic rings. The highest BCUT2D eigenvalue weighted by Gasteiger charge is 2.40. The second-order valence-electron chi connectivity index (χ2n) is 8.64. The van der Waals surface area contributed by atoms with Crippen LogP contribution in [-0.2, 0) is 19.5 Å². The third-order valence-electron chi connectivity index (χ3n) is 6.29. The zero-order chi connectivity index (χ0) is 22.4. The van der Waals surface area contributed by atoms with Gasteiger partial charge in [0.15, 0.2) is 0 Å². The highest BCUT2D eigenvalue weighted by molar-refractivity contribution is 7.57. The van der Waals surface area contributed by atoms with E-state index in [2.05, 4.69) is 30.0 Å². The molecule has 0 saturated carbocycles. The average Bonchev–Trinajstić information content (AvgIpc) is 2.90. The number of likely N-dealkylation sites (N-methyl/N-ethyl adjacent to an activating group) is 1. The summed E-state index contributed by atoms with van der Waals surface area (Å²) in [6.45, 7) is 7.50. The monoisotopic (exact) mass is 440 g/mol. The standard InChI is InChI=1S/C22H37N2O5P/c1-6-21(3,20(25)26)23-30(27,17-28-5)29-19-12-10-11-18(15-19)22(7-2)13-8-9-14-24(4)16-22/h10-12,15H,6-9,13-14,16-17H2,1-5H3,(H,23,27)(H,25,26). The molecule has 30 heavy (non-hydrogen) atoms. The molecular formula is C22H37N2O5P. The van der Waals surface area contributed by atoms with Crippen LogP contribution in [0.2, 0.25) is 0 Å². The summed E-state index contributed by atoms with van der Waals surface area (Å²) in [6, 6.07) is 7.75. The maximum absolute atomic E-state index is 13.5. The largest absolute Gasteiger partial charge is 0.480 e. The van der Waals surface area contributed by atoms with Crippen molar-refractivity contribution in [3.8, 4) is 5.75 Å². The predicted molar refractivity (Wildman–Crippen MR) is 119 cm³/mol. The number of hydrogen-bond donors (Lipinski definition) is 2. The first-order chi connectivity index (χ1) is 14.1. The number of hydrogen-bond acceptors (Lipinski definition) is 5. The van der Waals surface area contributed by atoms with Crippen molar-refractivity contribution in [1.82, 2.24) is 9.99 Å². The molecule has 0 spiro atoms. The van der Waals surface area contributed by atoms with Crippen LogP contribution in [0.15, 0.2) is 24.3 Å². The fraction of sp³-hybridized carbons (Fsp3) is 0.682. The van der Waals surface area contributed by atoms with E-state index < -0.39 is 19.0 Å². The van der Waals surface area contributed by atoms with Gasteiger partial charge in [-0.05, 0) is 63.9 Å². The van der Waals surface area contributed by atoms with Crippen molar-refractivity contribution >= 4 is 13.5 Å². The maximum Gasteiger partial charge on any atom is 0.342 e. The van der Waals surface area contributed by atoms with Crippen molar-refractivity contribution in [1.29, 1.82) is 0 Å². The van der Waals surface area contributed by atoms with Gasteiger partial charge in [0.1, 0.15) is 17.6 Å². The van der Waals surface area contributed by atoms with Crippen LogP contribution < -0.4 is 9.61 Å². The number of benzene rings is 1. The minimum Gasteiger partial charge on any atom is -0.480 e. The van der Waals surface area contributed by atoms with E-state index in [0.717, 1.165) is 31.5 Å². The van der Waals surface area contributed by atoms with Crippen LogP contribution in [0, 0.1) is 0 Å². The van der Waals surface area contributed by atoms with Gasteiger partial charge < -0.3 is 19.3 Å². The lowest BCUT2D eigenvalue weighted by Crippen LogP contribution is -2.48. The molecule has 1 aromatic rings. The van der Waals surface area contributed by atoms with Gasteiger partial charge >= 0.3 is 13.5 Å². The van der Waals surface area contributed by atoms with E-state index in [1.54, 1.807) is 13.0 Å². The van der Waals surface area contributed by atoms with E-state index in [-0.39, 0.29) is 18.2 Å². The van der Waals surface area contributed by atoms with E-state index in [1.165, 1.54) is 26.9 Å². The molecule has 0 aromatic heterocycles. The highest BCUT2D eigenvalue weighted by atomic mass is 31.2. The third kappa shape index (κ3) is 5.85. The molecule has 3 atom stereocenters. The number of nitrogens with one attached hydrogen (secondary N) is 1. The Morgan fingerprint density at radius 1 is 1.37 bits per heavy atom. The van der Waals surface area contributed by atoms with Crippen molar-refractivity contribution in [2.45, 2.75) is 63.8 Å². The quantitative estimate of drug-likeness (QED) is 0.519. The van der Waals surface area contributed by atoms with Crippen molar-refractivity contribution in [3.63, 3.8) is 0 Å². The first-order valence-corrected chi connectivity index (χ1v) is 12.5. The van der Waals surface area contributed by atoms with Crippen LogP contribution in [0.25, 0.3) is 0 Å². The summed E-state index contributed by atoms with van der Waals surface area (Å²) in [5.41, 5.74) is -0.195. The topological polar surface area (TPSA) is 88.1 Å². The minimum atomic E-state index is -3.61. The Kier molecular flexibility index (Phi) is 8.51. The van der Waals surface area contributed by atoms with Crippen LogP contribution in [-0.4, -0.2) is 55.1 Å². The van der Waals surface area contributed by atoms with Crippen molar-refractivity contribution in [2.24, 2.45) is 0 Å². The van der Waals surface area contributed by atoms with Crippen LogP contribution in [0.1, 0.15) is 58.4 Å². The minimum absolute atomic E-state index is 0.0162. The lowest BCUT2D eigenvalue weighted by Gasteiger charge is -2.35. The van der Waals surface area contributed by atoms with E-state index in [4.69, 9.17) is 9.26 Å². The number of rotatable bonds is 10. The molecule has 0 amide bonds. The first-order valence-electron chi connectivity index (χ1n) is 10.7. The second-order valence-corrected chi connectivity index (χ2v) is 10.7. The maximum atomic E-state index is 13.5. The van der Waals surface area contributed by atoms with Gasteiger partial charge in [0.2, 0.25) is 0 Å². The molecule has 1 heterocycles. The van der Waals surface area contributed by atoms with Gasteiger partial charge in [-0.25, -0.2) is 5.09 Å². The molecule has 0 radical (unpaired) electrons. The molecule has 8 heteroatoms. The SMILES string of the molecule is CCC(C)(NP(=O)(COC)Oc1cccc(C2(CC)CCCCN(C)C2)c1)C(=O)O. The number of nitrogens with zero attached hydrogens (tertiary/aromatic N) is 1. The smallest absolute Gasteiger partial charge is 0.342 e. The summed E-state index contributed by atoms with van der Waals surface area (Å²) in [7, 11) is -0.0286. The third-order valence-corrected chi connectivity index (χ3v) is 8.23. The van der Waals surface area contributed by atoms with E-state index in [1.807, 2.05) is 12.1 Å². The molecule has 170 valence electrons. The molecule has 1 aliphatic heterocycles. The van der Waals surface area contributed by atoms with Crippen LogP contribution in [0.4, 0.5) is 0 Å². The fourth-order valence-corrected chi connectivity index (χ4v) is 6.17. The second kappa shape index (κ2) is 10.3. The summed E-state index contributed by atoms with van der Waals surface area (Å²) in [5, 5.41) is 12.3. The summed E-state index contributed by atoms with van der Waals surface area (Å²) >= 11 is 0. The summed E-state index contributed by atoms with van der Waals surface area (Å²) in [5.74, 6) is -0.617. The number of carboxylic acid groups (broad SMARTS) is 1. The Bertz CT molecular complexity index is 774. The van der Waals surface area contributed by atoms with E-state index >= 15 is 0 Å². The molecular weight excluding hydrogens is 403 g/mol. The summed E-state index contributed by atoms with van der Waals surface area (Å²) in [4.78, 5) is 14.1. The lowest BCUT2D eigenvalue weighted by molar-refractivity contribution is -0.143. The van der Waals surface area contributed by atoms with Crippen LogP contribution >= 0.6 is 7.52 Å². The average molecular weight is 441 g/mol. The van der Waals surface area contributed by atoms with Gasteiger partial charge in [-0.15, -0.1) is 0 Å². The number of methoxy groups -OCH3 is 1. The highest BCUT2D eigenvalue weighted by Crippen LogP contribution is 2.46. The van der Waals surface area contributed by atoms with Crippen LogP contribution in [0.5, 0.6) is 5.75 Å². The van der Waals surface area contributed by atoms with Crippen molar-refractivity contribution < 1.29 is 23.7 Å². The van der Waals surface area contributed by atoms with Crippen molar-refractivity contribution in [3.05, 3.63) is 29.8 Å². The van der Waals surface area contributed by atoms with E-state index in [9.17, 15) is 14.5 Å². The Labute approximate surface area is 180 Å². The zero-order valence-corrected chi connectivity index (χ0v) is 19.8. The molecule has 3 unspecified atom stereocenters. The molecule has 2 rings (SSSR count). The van der Waals surface area contributed by atoms with Gasteiger partial charge in [0.25, 0.3) is 0 Å². The molecule has 1 fully saturated rings. The normalized spacial score (nSPS) is 24.4. The van der Waals surface area contributed by atoms with Gasteiger partial charge in [0, 0.05) is 19.1 Å². The molecule has 2 N–H and O–H groups in total. The van der Waals surface area contributed by atoms with E-state index in [0.29, 0.717) is 5.75 Å². The number of aliphatic carboxylic acids is 1. The molecule has 0 bridgehead atoms. The van der Waals surface area contributed by atoms with Gasteiger partial charge in [0.05, 0.1) is 0 Å². The molecule has 1 aromatic carbocycles. The number of ether oxygens (including phenoxy) is 1. The van der Waals surface area contributed by atoms with Gasteiger partial charge in [-0.2, -0.15) is 0 Å². The van der Waals surface area contributed by atoms with Gasteiger partial charge in [-0.3, -0.25) is 9.36 Å². The molecule has 1 saturated heterocycles. The van der Waals surface area contributed by atoms with Crippen molar-refractivity contribution in [2.75, 3.05) is 33.6 Å². The summed E-state index contributed by atoms with van der Waals surface area (Å²) in [6.07, 6.45) is 4.49. The first kappa shape index (κ1) is 24.9. The van der Waals surface area contributed by atoms with Crippen LogP contribution in [0.3, 0.4) is 0 Å². The fourth-order valence-electron chi connectivity index (χ4n) is 4.21. The Balaban J connectivity index is 2.35. The molecule has 0 aliphatic carbocycles. The number of likely N-dealkylation sites (tertiary alicyclic amines) is 1. The Morgan fingerprint density at radius 2 is 2.10 bits per heavy atom. The predicted octanol–water partition coefficient (Wildman–Crippen LogP) is 4.47. The Hall–Kier alpha value is -1.40. The summed E-state index contributed by atoms with van der Waals surface area (Å²) < 4.78 is 24.5. The molecule has 7 nitrogen and oxygen atoms in total. The number of carboxylic acids is 1.